The highest BCUT2D eigenvalue weighted by molar-refractivity contribution is 7.88. The maximum Gasteiger partial charge on any atom is 0.344 e. The third kappa shape index (κ3) is 5.91. The summed E-state index contributed by atoms with van der Waals surface area (Å²) < 4.78 is 33.6. The molecule has 1 aliphatic rings. The normalized spacial score (nSPS) is 16.6. The lowest BCUT2D eigenvalue weighted by atomic mass is 10.1. The van der Waals surface area contributed by atoms with Gasteiger partial charge in [-0.2, -0.15) is 8.42 Å². The fourth-order valence-electron chi connectivity index (χ4n) is 2.68. The predicted molar refractivity (Wildman–Crippen MR) is 106 cm³/mol. The SMILES string of the molecule is CCOC(=O)C1=CN(CC(=O)N[C@H](C)CCc2ccccc2)S(=O)(=O)N=C1C. The topological polar surface area (TPSA) is 105 Å². The molecule has 0 bridgehead atoms. The molecule has 0 fully saturated rings. The van der Waals surface area contributed by atoms with Gasteiger partial charge >= 0.3 is 16.2 Å². The Morgan fingerprint density at radius 1 is 1.25 bits per heavy atom. The maximum atomic E-state index is 12.3. The van der Waals surface area contributed by atoms with Crippen molar-refractivity contribution in [2.45, 2.75) is 39.7 Å². The number of nitrogens with one attached hydrogen (secondary N) is 1. The number of rotatable bonds is 8. The summed E-state index contributed by atoms with van der Waals surface area (Å²) in [5.74, 6) is -1.15. The second-order valence-electron chi connectivity index (χ2n) is 6.46. The Hall–Kier alpha value is -2.68. The van der Waals surface area contributed by atoms with Crippen molar-refractivity contribution in [2.24, 2.45) is 4.40 Å². The average Bonchev–Trinajstić information content (AvgIpc) is 2.62. The Kier molecular flexibility index (Phi) is 7.33. The summed E-state index contributed by atoms with van der Waals surface area (Å²) in [4.78, 5) is 24.2. The molecule has 0 spiro atoms. The summed E-state index contributed by atoms with van der Waals surface area (Å²) in [5.41, 5.74) is 1.21. The molecule has 1 amide bonds. The first-order valence-corrected chi connectivity index (χ1v) is 10.4. The Bertz CT molecular complexity index is 878. The summed E-state index contributed by atoms with van der Waals surface area (Å²) in [6, 6.07) is 9.73. The van der Waals surface area contributed by atoms with E-state index in [4.69, 9.17) is 4.74 Å². The highest BCUT2D eigenvalue weighted by Crippen LogP contribution is 2.17. The summed E-state index contributed by atoms with van der Waals surface area (Å²) >= 11 is 0. The van der Waals surface area contributed by atoms with E-state index in [-0.39, 0.29) is 23.9 Å². The Labute approximate surface area is 165 Å². The predicted octanol–water partition coefficient (Wildman–Crippen LogP) is 1.59. The molecule has 1 heterocycles. The minimum absolute atomic E-state index is 0.0154. The van der Waals surface area contributed by atoms with Crippen LogP contribution in [0, 0.1) is 0 Å². The number of amides is 1. The third-order valence-corrected chi connectivity index (χ3v) is 5.45. The van der Waals surface area contributed by atoms with E-state index >= 15 is 0 Å². The van der Waals surface area contributed by atoms with Crippen molar-refractivity contribution >= 4 is 27.8 Å². The highest BCUT2D eigenvalue weighted by atomic mass is 32.2. The van der Waals surface area contributed by atoms with Crippen LogP contribution in [0.15, 0.2) is 46.5 Å². The fraction of sp³-hybridized carbons (Fsp3) is 0.421. The molecular formula is C19H25N3O5S. The van der Waals surface area contributed by atoms with E-state index in [0.717, 1.165) is 22.5 Å². The van der Waals surface area contributed by atoms with Gasteiger partial charge in [0.2, 0.25) is 5.91 Å². The first-order valence-electron chi connectivity index (χ1n) is 9.04. The van der Waals surface area contributed by atoms with E-state index in [1.165, 1.54) is 6.92 Å². The van der Waals surface area contributed by atoms with Crippen molar-refractivity contribution in [1.29, 1.82) is 0 Å². The molecule has 0 unspecified atom stereocenters. The minimum atomic E-state index is -4.06. The number of esters is 1. The van der Waals surface area contributed by atoms with Gasteiger partial charge in [-0.05, 0) is 39.2 Å². The van der Waals surface area contributed by atoms with E-state index in [1.54, 1.807) is 6.92 Å². The van der Waals surface area contributed by atoms with Crippen LogP contribution in [0.5, 0.6) is 0 Å². The van der Waals surface area contributed by atoms with Gasteiger partial charge in [-0.15, -0.1) is 4.40 Å². The van der Waals surface area contributed by atoms with Crippen molar-refractivity contribution in [3.05, 3.63) is 47.7 Å². The van der Waals surface area contributed by atoms with Crippen LogP contribution in [0.4, 0.5) is 0 Å². The van der Waals surface area contributed by atoms with Gasteiger partial charge in [-0.3, -0.25) is 4.79 Å². The molecule has 0 aromatic heterocycles. The van der Waals surface area contributed by atoms with Crippen LogP contribution in [0.1, 0.15) is 32.8 Å². The number of hydrogen-bond donors (Lipinski definition) is 1. The first-order chi connectivity index (χ1) is 13.2. The molecule has 0 saturated heterocycles. The lowest BCUT2D eigenvalue weighted by Crippen LogP contribution is -2.42. The van der Waals surface area contributed by atoms with Crippen molar-refractivity contribution in [1.82, 2.24) is 9.62 Å². The summed E-state index contributed by atoms with van der Waals surface area (Å²) in [6.45, 7) is 4.59. The van der Waals surface area contributed by atoms with Crippen LogP contribution in [-0.2, 0) is 31.0 Å². The second-order valence-corrected chi connectivity index (χ2v) is 8.00. The smallest absolute Gasteiger partial charge is 0.344 e. The molecule has 0 aliphatic carbocycles. The zero-order chi connectivity index (χ0) is 20.7. The average molecular weight is 407 g/mol. The first kappa shape index (κ1) is 21.6. The summed E-state index contributed by atoms with van der Waals surface area (Å²) in [6.07, 6.45) is 2.61. The number of hydrogen-bond acceptors (Lipinski definition) is 5. The molecule has 1 N–H and O–H groups in total. The monoisotopic (exact) mass is 407 g/mol. The van der Waals surface area contributed by atoms with Gasteiger partial charge < -0.3 is 10.1 Å². The number of carbonyl (C=O) groups is 2. The van der Waals surface area contributed by atoms with Crippen molar-refractivity contribution in [3.8, 4) is 0 Å². The molecule has 0 saturated carbocycles. The van der Waals surface area contributed by atoms with Crippen molar-refractivity contribution in [3.63, 3.8) is 0 Å². The van der Waals surface area contributed by atoms with Gasteiger partial charge in [0.1, 0.15) is 6.54 Å². The van der Waals surface area contributed by atoms with Crippen LogP contribution >= 0.6 is 0 Å². The van der Waals surface area contributed by atoms with Crippen LogP contribution < -0.4 is 5.32 Å². The van der Waals surface area contributed by atoms with Crippen molar-refractivity contribution < 1.29 is 22.7 Å². The fourth-order valence-corrected chi connectivity index (χ4v) is 3.75. The second kappa shape index (κ2) is 9.50. The zero-order valence-electron chi connectivity index (χ0n) is 16.2. The van der Waals surface area contributed by atoms with Gasteiger partial charge in [-0.1, -0.05) is 30.3 Å². The Morgan fingerprint density at radius 2 is 1.93 bits per heavy atom. The molecule has 9 heteroatoms. The largest absolute Gasteiger partial charge is 0.462 e. The quantitative estimate of drug-likeness (QED) is 0.659. The maximum absolute atomic E-state index is 12.3. The molecule has 2 rings (SSSR count). The zero-order valence-corrected chi connectivity index (χ0v) is 17.0. The van der Waals surface area contributed by atoms with E-state index in [0.29, 0.717) is 6.42 Å². The molecule has 28 heavy (non-hydrogen) atoms. The van der Waals surface area contributed by atoms with Gasteiger partial charge in [-0.25, -0.2) is 9.10 Å². The summed E-state index contributed by atoms with van der Waals surface area (Å²) in [5, 5.41) is 2.78. The summed E-state index contributed by atoms with van der Waals surface area (Å²) in [7, 11) is -4.06. The number of nitrogens with zero attached hydrogens (tertiary/aromatic N) is 2. The van der Waals surface area contributed by atoms with Gasteiger partial charge in [0.05, 0.1) is 17.9 Å². The van der Waals surface area contributed by atoms with Crippen LogP contribution in [0.3, 0.4) is 0 Å². The van der Waals surface area contributed by atoms with Gasteiger partial charge in [0, 0.05) is 12.2 Å². The van der Waals surface area contributed by atoms with E-state index in [9.17, 15) is 18.0 Å². The molecule has 0 radical (unpaired) electrons. The lowest BCUT2D eigenvalue weighted by molar-refractivity contribution is -0.138. The molecule has 152 valence electrons. The minimum Gasteiger partial charge on any atom is -0.462 e. The van der Waals surface area contributed by atoms with Crippen molar-refractivity contribution in [2.75, 3.05) is 13.2 Å². The Balaban J connectivity index is 1.98. The van der Waals surface area contributed by atoms with E-state index in [2.05, 4.69) is 9.71 Å². The van der Waals surface area contributed by atoms with Crippen LogP contribution in [-0.4, -0.2) is 49.5 Å². The molecule has 1 aromatic carbocycles. The molecule has 1 aliphatic heterocycles. The number of benzene rings is 1. The number of ether oxygens (including phenoxy) is 1. The molecular weight excluding hydrogens is 382 g/mol. The lowest BCUT2D eigenvalue weighted by Gasteiger charge is -2.23. The van der Waals surface area contributed by atoms with Crippen LogP contribution in [0.2, 0.25) is 0 Å². The molecule has 1 aromatic rings. The standard InChI is InChI=1S/C19H25N3O5S/c1-4-27-19(24)17-12-22(28(25,26)21-15(17)3)13-18(23)20-14(2)10-11-16-8-6-5-7-9-16/h5-9,12,14H,4,10-11,13H2,1-3H3,(H,20,23)/t14-/m1/s1. The van der Waals surface area contributed by atoms with E-state index in [1.807, 2.05) is 37.3 Å². The molecule has 8 nitrogen and oxygen atoms in total. The Morgan fingerprint density at radius 3 is 2.57 bits per heavy atom. The molecule has 1 atom stereocenters. The van der Waals surface area contributed by atoms with Crippen LogP contribution in [0.25, 0.3) is 0 Å². The van der Waals surface area contributed by atoms with Gasteiger partial charge in [0.25, 0.3) is 0 Å². The number of carbonyl (C=O) groups excluding carboxylic acids is 2. The van der Waals surface area contributed by atoms with E-state index < -0.39 is 28.6 Å². The van der Waals surface area contributed by atoms with Gasteiger partial charge in [0.15, 0.2) is 0 Å². The number of aryl methyl sites for hydroxylation is 1. The third-order valence-electron chi connectivity index (χ3n) is 4.12. The highest BCUT2D eigenvalue weighted by Gasteiger charge is 2.30.